The molecule has 6 nitrogen and oxygen atoms in total. The first kappa shape index (κ1) is 14.4. The Hall–Kier alpha value is -2.21. The number of amidine groups is 1. The second-order valence-corrected chi connectivity index (χ2v) is 6.36. The summed E-state index contributed by atoms with van der Waals surface area (Å²) in [6.45, 7) is 2.89. The van der Waals surface area contributed by atoms with Gasteiger partial charge in [0, 0.05) is 31.7 Å². The van der Waals surface area contributed by atoms with Crippen LogP contribution in [0.2, 0.25) is 0 Å². The Morgan fingerprint density at radius 3 is 2.65 bits per heavy atom. The van der Waals surface area contributed by atoms with Gasteiger partial charge in [-0.15, -0.1) is 0 Å². The fourth-order valence-electron chi connectivity index (χ4n) is 3.47. The van der Waals surface area contributed by atoms with Crippen molar-refractivity contribution >= 4 is 23.3 Å². The summed E-state index contributed by atoms with van der Waals surface area (Å²) in [4.78, 5) is 31.3. The molecule has 2 N–H and O–H groups in total. The Balaban J connectivity index is 1.82. The van der Waals surface area contributed by atoms with E-state index in [1.807, 2.05) is 23.1 Å². The summed E-state index contributed by atoms with van der Waals surface area (Å²) in [5, 5.41) is 12.9. The minimum Gasteiger partial charge on any atom is -0.480 e. The van der Waals surface area contributed by atoms with E-state index < -0.39 is 11.9 Å². The van der Waals surface area contributed by atoms with Crippen LogP contribution in [0.15, 0.2) is 23.2 Å². The Morgan fingerprint density at radius 2 is 2.00 bits per heavy atom. The Labute approximate surface area is 134 Å². The summed E-state index contributed by atoms with van der Waals surface area (Å²) in [6.07, 6.45) is 2.13. The standard InChI is InChI=1S/C17H19N3O3/c21-15-13-11(10-4-5-10)2-1-3-12(13)19-16(14(15)17(22)23)20-8-6-18-7-9-20/h1-3,10,14,18H,4-9H2,(H,22,23). The predicted octanol–water partition coefficient (Wildman–Crippen LogP) is 1.40. The number of hydrogen-bond acceptors (Lipinski definition) is 5. The lowest BCUT2D eigenvalue weighted by Gasteiger charge is -2.34. The molecular weight excluding hydrogens is 294 g/mol. The van der Waals surface area contributed by atoms with E-state index in [1.165, 1.54) is 0 Å². The monoisotopic (exact) mass is 313 g/mol. The molecule has 0 amide bonds. The van der Waals surface area contributed by atoms with Crippen molar-refractivity contribution in [2.45, 2.75) is 18.8 Å². The van der Waals surface area contributed by atoms with E-state index in [-0.39, 0.29) is 5.78 Å². The fourth-order valence-corrected chi connectivity index (χ4v) is 3.47. The number of carbonyl (C=O) groups is 2. The average molecular weight is 313 g/mol. The number of hydrogen-bond donors (Lipinski definition) is 2. The zero-order chi connectivity index (χ0) is 16.0. The average Bonchev–Trinajstić information content (AvgIpc) is 3.39. The number of fused-ring (bicyclic) bond motifs is 1. The van der Waals surface area contributed by atoms with Gasteiger partial charge in [0.1, 0.15) is 5.84 Å². The first-order valence-corrected chi connectivity index (χ1v) is 8.11. The van der Waals surface area contributed by atoms with Crippen molar-refractivity contribution in [3.63, 3.8) is 0 Å². The third-order valence-corrected chi connectivity index (χ3v) is 4.78. The lowest BCUT2D eigenvalue weighted by atomic mass is 9.87. The number of piperazine rings is 1. The molecule has 120 valence electrons. The topological polar surface area (TPSA) is 82.0 Å². The highest BCUT2D eigenvalue weighted by molar-refractivity contribution is 6.27. The van der Waals surface area contributed by atoms with Gasteiger partial charge in [0.25, 0.3) is 0 Å². The van der Waals surface area contributed by atoms with E-state index in [0.29, 0.717) is 36.1 Å². The van der Waals surface area contributed by atoms with Gasteiger partial charge in [-0.25, -0.2) is 4.99 Å². The molecule has 1 unspecified atom stereocenters. The largest absolute Gasteiger partial charge is 0.480 e. The molecule has 1 aliphatic carbocycles. The van der Waals surface area contributed by atoms with Gasteiger partial charge < -0.3 is 15.3 Å². The Bertz CT molecular complexity index is 703. The first-order valence-electron chi connectivity index (χ1n) is 8.11. The summed E-state index contributed by atoms with van der Waals surface area (Å²) in [7, 11) is 0. The first-order chi connectivity index (χ1) is 11.2. The molecule has 1 saturated heterocycles. The highest BCUT2D eigenvalue weighted by Crippen LogP contribution is 2.45. The number of nitrogens with zero attached hydrogens (tertiary/aromatic N) is 2. The second-order valence-electron chi connectivity index (χ2n) is 6.36. The number of carboxylic acids is 1. The predicted molar refractivity (Wildman–Crippen MR) is 85.4 cm³/mol. The number of ketones is 1. The van der Waals surface area contributed by atoms with Crippen molar-refractivity contribution in [3.8, 4) is 0 Å². The van der Waals surface area contributed by atoms with Crippen molar-refractivity contribution in [2.24, 2.45) is 10.9 Å². The van der Waals surface area contributed by atoms with Gasteiger partial charge >= 0.3 is 5.97 Å². The maximum Gasteiger partial charge on any atom is 0.322 e. The van der Waals surface area contributed by atoms with Crippen molar-refractivity contribution in [3.05, 3.63) is 29.3 Å². The second kappa shape index (κ2) is 5.45. The highest BCUT2D eigenvalue weighted by Gasteiger charge is 2.42. The molecule has 0 aromatic heterocycles. The van der Waals surface area contributed by atoms with Crippen LogP contribution in [0, 0.1) is 5.92 Å². The molecule has 4 rings (SSSR count). The van der Waals surface area contributed by atoms with Crippen molar-refractivity contribution < 1.29 is 14.7 Å². The number of carbonyl (C=O) groups excluding carboxylic acids is 1. The number of nitrogens with one attached hydrogen (secondary N) is 1. The van der Waals surface area contributed by atoms with Crippen molar-refractivity contribution in [2.75, 3.05) is 26.2 Å². The van der Waals surface area contributed by atoms with Gasteiger partial charge in [-0.3, -0.25) is 9.59 Å². The van der Waals surface area contributed by atoms with Crippen LogP contribution >= 0.6 is 0 Å². The van der Waals surface area contributed by atoms with Crippen molar-refractivity contribution in [1.82, 2.24) is 10.2 Å². The molecule has 0 spiro atoms. The van der Waals surface area contributed by atoms with Gasteiger partial charge in [0.05, 0.1) is 5.69 Å². The Kier molecular flexibility index (Phi) is 3.41. The van der Waals surface area contributed by atoms with Crippen LogP contribution < -0.4 is 5.32 Å². The van der Waals surface area contributed by atoms with Crippen LogP contribution in [0.4, 0.5) is 5.69 Å². The molecule has 2 fully saturated rings. The quantitative estimate of drug-likeness (QED) is 0.807. The summed E-state index contributed by atoms with van der Waals surface area (Å²) >= 11 is 0. The molecule has 2 heterocycles. The molecule has 1 aromatic rings. The number of aliphatic imine (C=N–C) groups is 1. The van der Waals surface area contributed by atoms with Crippen LogP contribution in [0.3, 0.4) is 0 Å². The molecule has 23 heavy (non-hydrogen) atoms. The minimum absolute atomic E-state index is 0.307. The molecule has 1 saturated carbocycles. The maximum absolute atomic E-state index is 13.0. The minimum atomic E-state index is -1.18. The number of Topliss-reactive ketones (excluding diaryl/α,β-unsaturated/α-hetero) is 1. The molecule has 6 heteroatoms. The van der Waals surface area contributed by atoms with Crippen LogP contribution in [-0.4, -0.2) is 53.8 Å². The van der Waals surface area contributed by atoms with Crippen LogP contribution in [0.5, 0.6) is 0 Å². The maximum atomic E-state index is 13.0. The van der Waals surface area contributed by atoms with E-state index in [0.717, 1.165) is 31.5 Å². The fraction of sp³-hybridized carbons (Fsp3) is 0.471. The van der Waals surface area contributed by atoms with E-state index in [2.05, 4.69) is 10.3 Å². The van der Waals surface area contributed by atoms with Gasteiger partial charge in [-0.1, -0.05) is 12.1 Å². The highest BCUT2D eigenvalue weighted by atomic mass is 16.4. The number of carboxylic acid groups (broad SMARTS) is 1. The van der Waals surface area contributed by atoms with Gasteiger partial charge in [-0.05, 0) is 30.4 Å². The molecule has 3 aliphatic rings. The summed E-state index contributed by atoms with van der Waals surface area (Å²) in [5.74, 6) is -1.81. The van der Waals surface area contributed by atoms with E-state index >= 15 is 0 Å². The van der Waals surface area contributed by atoms with Gasteiger partial charge in [-0.2, -0.15) is 0 Å². The molecule has 1 atom stereocenters. The SMILES string of the molecule is O=C(O)C1C(=O)c2c(cccc2C2CC2)N=C1N1CCNCC1. The molecule has 1 aromatic carbocycles. The lowest BCUT2D eigenvalue weighted by Crippen LogP contribution is -2.52. The van der Waals surface area contributed by atoms with Gasteiger partial charge in [0.2, 0.25) is 0 Å². The zero-order valence-electron chi connectivity index (χ0n) is 12.8. The lowest BCUT2D eigenvalue weighted by molar-refractivity contribution is -0.138. The van der Waals surface area contributed by atoms with Crippen LogP contribution in [0.25, 0.3) is 0 Å². The molecule has 0 radical (unpaired) electrons. The third-order valence-electron chi connectivity index (χ3n) is 4.78. The van der Waals surface area contributed by atoms with Gasteiger partial charge in [0.15, 0.2) is 11.7 Å². The zero-order valence-corrected chi connectivity index (χ0v) is 12.8. The molecular formula is C17H19N3O3. The van der Waals surface area contributed by atoms with E-state index in [1.54, 1.807) is 0 Å². The number of benzene rings is 1. The normalized spacial score (nSPS) is 24.2. The third kappa shape index (κ3) is 2.43. The number of aliphatic carboxylic acids is 1. The van der Waals surface area contributed by atoms with Crippen LogP contribution in [0.1, 0.15) is 34.7 Å². The summed E-state index contributed by atoms with van der Waals surface area (Å²) in [5.41, 5.74) is 2.13. The molecule has 2 aliphatic heterocycles. The summed E-state index contributed by atoms with van der Waals surface area (Å²) in [6, 6.07) is 5.68. The van der Waals surface area contributed by atoms with E-state index in [4.69, 9.17) is 0 Å². The van der Waals surface area contributed by atoms with E-state index in [9.17, 15) is 14.7 Å². The Morgan fingerprint density at radius 1 is 1.26 bits per heavy atom. The smallest absolute Gasteiger partial charge is 0.322 e. The molecule has 0 bridgehead atoms. The van der Waals surface area contributed by atoms with Crippen LogP contribution in [-0.2, 0) is 4.79 Å². The van der Waals surface area contributed by atoms with Crippen molar-refractivity contribution in [1.29, 1.82) is 0 Å². The summed E-state index contributed by atoms with van der Waals surface area (Å²) < 4.78 is 0. The number of rotatable bonds is 2.